The van der Waals surface area contributed by atoms with Gasteiger partial charge in [-0.2, -0.15) is 0 Å². The molecular formula is C14H8N4OSSe. The summed E-state index contributed by atoms with van der Waals surface area (Å²) < 4.78 is 9.61. The Balaban J connectivity index is 1.64. The number of benzene rings is 2. The summed E-state index contributed by atoms with van der Waals surface area (Å²) in [5.74, 6) is -0.175. The van der Waals surface area contributed by atoms with Crippen molar-refractivity contribution in [1.82, 2.24) is 12.9 Å². The van der Waals surface area contributed by atoms with Crippen LogP contribution in [0.5, 0.6) is 0 Å². The third-order valence-corrected chi connectivity index (χ3v) is 5.15. The van der Waals surface area contributed by atoms with E-state index in [1.54, 1.807) is 12.1 Å². The first-order chi connectivity index (χ1) is 10.3. The van der Waals surface area contributed by atoms with Crippen molar-refractivity contribution in [3.05, 3.63) is 48.0 Å². The molecule has 2 heterocycles. The molecule has 1 N–H and O–H groups in total. The first kappa shape index (κ1) is 12.6. The van der Waals surface area contributed by atoms with Gasteiger partial charge < -0.3 is 0 Å². The molecule has 2 aromatic carbocycles. The standard InChI is InChI=1S/C14H8N4OSSe/c19-13(8-5-6-9-11(7-8)18-21-17-9)16-14-15-10-3-1-2-4-12(10)20-14/h1-7H,(H,15,16,19). The molecule has 0 spiro atoms. The van der Waals surface area contributed by atoms with Gasteiger partial charge in [-0.15, -0.1) is 0 Å². The van der Waals surface area contributed by atoms with Crippen molar-refractivity contribution >= 4 is 58.6 Å². The number of fused-ring (bicyclic) bond motifs is 2. The van der Waals surface area contributed by atoms with E-state index < -0.39 is 0 Å². The van der Waals surface area contributed by atoms with Crippen LogP contribution in [-0.4, -0.2) is 33.8 Å². The van der Waals surface area contributed by atoms with Gasteiger partial charge in [-0.3, -0.25) is 0 Å². The fourth-order valence-electron chi connectivity index (χ4n) is 2.02. The molecule has 2 aromatic heterocycles. The van der Waals surface area contributed by atoms with Gasteiger partial charge in [0.25, 0.3) is 0 Å². The minimum absolute atomic E-state index is 0.0789. The SMILES string of the molecule is O=C(Nc1nc2ccccc2s1)c1ccc2n[se]nc2c1. The Morgan fingerprint density at radius 1 is 1.05 bits per heavy atom. The Morgan fingerprint density at radius 3 is 2.81 bits per heavy atom. The van der Waals surface area contributed by atoms with Gasteiger partial charge in [-0.1, -0.05) is 0 Å². The summed E-state index contributed by atoms with van der Waals surface area (Å²) in [6.45, 7) is 0. The number of nitrogens with one attached hydrogen (secondary N) is 1. The van der Waals surface area contributed by atoms with Gasteiger partial charge >= 0.3 is 130 Å². The Hall–Kier alpha value is -2.08. The van der Waals surface area contributed by atoms with Crippen molar-refractivity contribution in [1.29, 1.82) is 0 Å². The number of anilines is 1. The predicted molar refractivity (Wildman–Crippen MR) is 84.1 cm³/mol. The number of carbonyl (C=O) groups excluding carboxylic acids is 1. The van der Waals surface area contributed by atoms with E-state index in [2.05, 4.69) is 18.3 Å². The van der Waals surface area contributed by atoms with Crippen LogP contribution in [0.15, 0.2) is 42.5 Å². The van der Waals surface area contributed by atoms with Crippen LogP contribution in [0.4, 0.5) is 5.13 Å². The average Bonchev–Trinajstić information content (AvgIpc) is 3.11. The molecule has 0 fully saturated rings. The number of rotatable bonds is 2. The van der Waals surface area contributed by atoms with Crippen LogP contribution in [0.25, 0.3) is 21.3 Å². The van der Waals surface area contributed by atoms with E-state index in [0.29, 0.717) is 10.7 Å². The van der Waals surface area contributed by atoms with E-state index in [-0.39, 0.29) is 20.9 Å². The molecule has 4 rings (SSSR count). The minimum atomic E-state index is -0.175. The normalized spacial score (nSPS) is 11.0. The van der Waals surface area contributed by atoms with Crippen LogP contribution in [0.3, 0.4) is 0 Å². The van der Waals surface area contributed by atoms with E-state index in [9.17, 15) is 4.79 Å². The second kappa shape index (κ2) is 5.03. The van der Waals surface area contributed by atoms with Crippen LogP contribution >= 0.6 is 11.3 Å². The number of hydrogen-bond donors (Lipinski definition) is 1. The summed E-state index contributed by atoms with van der Waals surface area (Å²) in [6.07, 6.45) is 0. The predicted octanol–water partition coefficient (Wildman–Crippen LogP) is 2.55. The van der Waals surface area contributed by atoms with E-state index in [4.69, 9.17) is 0 Å². The zero-order valence-electron chi connectivity index (χ0n) is 10.6. The summed E-state index contributed by atoms with van der Waals surface area (Å²) in [4.78, 5) is 16.7. The molecule has 0 unspecified atom stereocenters. The maximum atomic E-state index is 12.3. The molecule has 0 aliphatic rings. The molecule has 0 atom stereocenters. The number of hydrogen-bond acceptors (Lipinski definition) is 5. The van der Waals surface area contributed by atoms with E-state index in [1.165, 1.54) is 11.3 Å². The topological polar surface area (TPSA) is 67.8 Å². The van der Waals surface area contributed by atoms with Gasteiger partial charge in [0.2, 0.25) is 0 Å². The summed E-state index contributed by atoms with van der Waals surface area (Å²) in [7, 11) is 0. The van der Waals surface area contributed by atoms with Crippen molar-refractivity contribution in [2.45, 2.75) is 0 Å². The maximum absolute atomic E-state index is 12.3. The fourth-order valence-corrected chi connectivity index (χ4v) is 3.96. The van der Waals surface area contributed by atoms with Crippen molar-refractivity contribution in [3.63, 3.8) is 0 Å². The van der Waals surface area contributed by atoms with Crippen molar-refractivity contribution in [2.75, 3.05) is 5.32 Å². The number of para-hydroxylation sites is 1. The summed E-state index contributed by atoms with van der Waals surface area (Å²) in [5.41, 5.74) is 3.13. The van der Waals surface area contributed by atoms with Crippen molar-refractivity contribution in [3.8, 4) is 0 Å². The molecule has 5 nitrogen and oxygen atoms in total. The van der Waals surface area contributed by atoms with E-state index in [0.717, 1.165) is 21.3 Å². The second-order valence-corrected chi connectivity index (χ2v) is 6.55. The van der Waals surface area contributed by atoms with Gasteiger partial charge in [0, 0.05) is 0 Å². The first-order valence-electron chi connectivity index (χ1n) is 6.19. The number of nitrogens with zero attached hydrogens (tertiary/aromatic N) is 3. The molecule has 7 heteroatoms. The third-order valence-electron chi connectivity index (χ3n) is 3.03. The second-order valence-electron chi connectivity index (χ2n) is 4.41. The molecule has 0 bridgehead atoms. The van der Waals surface area contributed by atoms with Gasteiger partial charge in [-0.25, -0.2) is 0 Å². The molecule has 102 valence electrons. The van der Waals surface area contributed by atoms with E-state index >= 15 is 0 Å². The Bertz CT molecular complexity index is 929. The van der Waals surface area contributed by atoms with Crippen molar-refractivity contribution in [2.24, 2.45) is 0 Å². The average molecular weight is 359 g/mol. The quantitative estimate of drug-likeness (QED) is 0.559. The Morgan fingerprint density at radius 2 is 1.90 bits per heavy atom. The molecule has 1 amide bonds. The number of carbonyl (C=O) groups is 1. The fraction of sp³-hybridized carbons (Fsp3) is 0. The molecule has 0 radical (unpaired) electrons. The zero-order valence-corrected chi connectivity index (χ0v) is 13.1. The van der Waals surface area contributed by atoms with Crippen molar-refractivity contribution < 1.29 is 4.79 Å². The van der Waals surface area contributed by atoms with Crippen LogP contribution in [0, 0.1) is 0 Å². The molecule has 0 aliphatic carbocycles. The van der Waals surface area contributed by atoms with E-state index in [1.807, 2.05) is 30.3 Å². The number of amides is 1. The Labute approximate surface area is 129 Å². The van der Waals surface area contributed by atoms with Gasteiger partial charge in [0.1, 0.15) is 0 Å². The van der Waals surface area contributed by atoms with Crippen LogP contribution < -0.4 is 5.32 Å². The van der Waals surface area contributed by atoms with Gasteiger partial charge in [-0.05, 0) is 0 Å². The molecular weight excluding hydrogens is 351 g/mol. The monoisotopic (exact) mass is 360 g/mol. The molecule has 0 saturated heterocycles. The summed E-state index contributed by atoms with van der Waals surface area (Å²) >= 11 is 1.38. The summed E-state index contributed by atoms with van der Waals surface area (Å²) in [6, 6.07) is 13.2. The third kappa shape index (κ3) is 2.35. The number of thiazole rings is 1. The van der Waals surface area contributed by atoms with Crippen LogP contribution in [0.2, 0.25) is 0 Å². The summed E-state index contributed by atoms with van der Waals surface area (Å²) in [5, 5.41) is 3.44. The molecule has 4 aromatic rings. The molecule has 0 saturated carbocycles. The number of aromatic nitrogens is 3. The van der Waals surface area contributed by atoms with Gasteiger partial charge in [0.05, 0.1) is 0 Å². The van der Waals surface area contributed by atoms with Crippen LogP contribution in [-0.2, 0) is 0 Å². The molecule has 21 heavy (non-hydrogen) atoms. The first-order valence-corrected chi connectivity index (χ1v) is 8.54. The van der Waals surface area contributed by atoms with Gasteiger partial charge in [0.15, 0.2) is 0 Å². The molecule has 0 aliphatic heterocycles. The Kier molecular flexibility index (Phi) is 3.03. The zero-order chi connectivity index (χ0) is 14.2. The van der Waals surface area contributed by atoms with Crippen LogP contribution in [0.1, 0.15) is 10.4 Å².